The van der Waals surface area contributed by atoms with Crippen LogP contribution in [0.1, 0.15) is 45.4 Å². The molecule has 2 nitrogen and oxygen atoms in total. The van der Waals surface area contributed by atoms with E-state index in [0.717, 1.165) is 18.1 Å². The molecule has 1 atom stereocenters. The zero-order valence-corrected chi connectivity index (χ0v) is 12.6. The van der Waals surface area contributed by atoms with Crippen molar-refractivity contribution in [3.63, 3.8) is 0 Å². The number of hydrogen-bond acceptors (Lipinski definition) is 3. The SMILES string of the molecule is CCNC(c1cc(C)oc1C)c1cc(C)sc1C. The van der Waals surface area contributed by atoms with Gasteiger partial charge < -0.3 is 9.73 Å². The molecule has 0 radical (unpaired) electrons. The van der Waals surface area contributed by atoms with Gasteiger partial charge in [-0.15, -0.1) is 11.3 Å². The summed E-state index contributed by atoms with van der Waals surface area (Å²) in [7, 11) is 0. The van der Waals surface area contributed by atoms with Gasteiger partial charge in [0.25, 0.3) is 0 Å². The Morgan fingerprint density at radius 3 is 2.33 bits per heavy atom. The second-order valence-electron chi connectivity index (χ2n) is 4.73. The molecule has 0 bridgehead atoms. The van der Waals surface area contributed by atoms with Gasteiger partial charge in [0.05, 0.1) is 6.04 Å². The maximum absolute atomic E-state index is 5.67. The van der Waals surface area contributed by atoms with E-state index in [-0.39, 0.29) is 6.04 Å². The van der Waals surface area contributed by atoms with Crippen LogP contribution in [0.25, 0.3) is 0 Å². The van der Waals surface area contributed by atoms with E-state index in [1.807, 2.05) is 25.2 Å². The summed E-state index contributed by atoms with van der Waals surface area (Å²) in [4.78, 5) is 2.75. The zero-order chi connectivity index (χ0) is 13.3. The molecule has 0 aliphatic carbocycles. The number of hydrogen-bond donors (Lipinski definition) is 1. The summed E-state index contributed by atoms with van der Waals surface area (Å²) >= 11 is 1.86. The van der Waals surface area contributed by atoms with Crippen LogP contribution in [0.5, 0.6) is 0 Å². The Balaban J connectivity index is 2.46. The molecule has 1 unspecified atom stereocenters. The molecule has 0 amide bonds. The van der Waals surface area contributed by atoms with Crippen LogP contribution in [-0.2, 0) is 0 Å². The Kier molecular flexibility index (Phi) is 3.93. The lowest BCUT2D eigenvalue weighted by molar-refractivity contribution is 0.495. The number of thiophene rings is 1. The van der Waals surface area contributed by atoms with Crippen molar-refractivity contribution in [1.82, 2.24) is 5.32 Å². The van der Waals surface area contributed by atoms with E-state index in [0.29, 0.717) is 0 Å². The maximum atomic E-state index is 5.67. The lowest BCUT2D eigenvalue weighted by Crippen LogP contribution is -2.22. The average Bonchev–Trinajstić information content (AvgIpc) is 2.78. The van der Waals surface area contributed by atoms with Crippen LogP contribution in [0.2, 0.25) is 0 Å². The van der Waals surface area contributed by atoms with Crippen molar-refractivity contribution in [2.75, 3.05) is 6.54 Å². The topological polar surface area (TPSA) is 25.2 Å². The van der Waals surface area contributed by atoms with Crippen molar-refractivity contribution < 1.29 is 4.42 Å². The smallest absolute Gasteiger partial charge is 0.106 e. The third-order valence-corrected chi connectivity index (χ3v) is 4.17. The second-order valence-corrected chi connectivity index (χ2v) is 6.19. The summed E-state index contributed by atoms with van der Waals surface area (Å²) in [6, 6.07) is 4.68. The zero-order valence-electron chi connectivity index (χ0n) is 11.8. The summed E-state index contributed by atoms with van der Waals surface area (Å²) in [6.07, 6.45) is 0. The lowest BCUT2D eigenvalue weighted by atomic mass is 9.99. The lowest BCUT2D eigenvalue weighted by Gasteiger charge is -2.17. The molecule has 2 heterocycles. The minimum atomic E-state index is 0.248. The van der Waals surface area contributed by atoms with E-state index in [1.54, 1.807) is 0 Å². The van der Waals surface area contributed by atoms with Gasteiger partial charge in [-0.1, -0.05) is 6.92 Å². The van der Waals surface area contributed by atoms with Gasteiger partial charge in [0.15, 0.2) is 0 Å². The van der Waals surface area contributed by atoms with Crippen molar-refractivity contribution in [2.45, 2.75) is 40.7 Å². The highest BCUT2D eigenvalue weighted by Crippen LogP contribution is 2.33. The van der Waals surface area contributed by atoms with Crippen LogP contribution >= 0.6 is 11.3 Å². The largest absolute Gasteiger partial charge is 0.466 e. The Bertz CT molecular complexity index is 492. The Morgan fingerprint density at radius 2 is 1.89 bits per heavy atom. The molecule has 2 aromatic heterocycles. The third-order valence-electron chi connectivity index (χ3n) is 3.19. The number of nitrogens with one attached hydrogen (secondary N) is 1. The monoisotopic (exact) mass is 263 g/mol. The highest BCUT2D eigenvalue weighted by molar-refractivity contribution is 7.12. The molecule has 2 aromatic rings. The predicted molar refractivity (Wildman–Crippen MR) is 77.5 cm³/mol. The second kappa shape index (κ2) is 5.29. The summed E-state index contributed by atoms with van der Waals surface area (Å²) in [5.41, 5.74) is 2.64. The molecule has 0 fully saturated rings. The Hall–Kier alpha value is -1.06. The molecule has 98 valence electrons. The standard InChI is InChI=1S/C15H21NOS/c1-6-16-15(13-7-9(2)17-11(13)4)14-8-10(3)18-12(14)5/h7-8,15-16H,6H2,1-5H3. The summed E-state index contributed by atoms with van der Waals surface area (Å²) < 4.78 is 5.67. The first-order valence-corrected chi connectivity index (χ1v) is 7.21. The highest BCUT2D eigenvalue weighted by atomic mass is 32.1. The molecule has 0 saturated heterocycles. The summed E-state index contributed by atoms with van der Waals surface area (Å²) in [5, 5.41) is 3.57. The first kappa shape index (κ1) is 13.4. The van der Waals surface area contributed by atoms with E-state index in [2.05, 4.69) is 38.2 Å². The predicted octanol–water partition coefficient (Wildman–Crippen LogP) is 4.27. The van der Waals surface area contributed by atoms with Gasteiger partial charge in [0.1, 0.15) is 11.5 Å². The molecule has 0 aliphatic heterocycles. The van der Waals surface area contributed by atoms with Gasteiger partial charge in [0, 0.05) is 15.3 Å². The van der Waals surface area contributed by atoms with Gasteiger partial charge in [-0.25, -0.2) is 0 Å². The van der Waals surface area contributed by atoms with Crippen molar-refractivity contribution >= 4 is 11.3 Å². The van der Waals surface area contributed by atoms with Crippen LogP contribution < -0.4 is 5.32 Å². The van der Waals surface area contributed by atoms with Gasteiger partial charge in [-0.2, -0.15) is 0 Å². The van der Waals surface area contributed by atoms with Gasteiger partial charge in [0.2, 0.25) is 0 Å². The molecule has 2 rings (SSSR count). The average molecular weight is 263 g/mol. The van der Waals surface area contributed by atoms with Gasteiger partial charge in [-0.05, 0) is 51.9 Å². The van der Waals surface area contributed by atoms with Crippen molar-refractivity contribution in [1.29, 1.82) is 0 Å². The minimum Gasteiger partial charge on any atom is -0.466 e. The van der Waals surface area contributed by atoms with Gasteiger partial charge in [-0.3, -0.25) is 0 Å². The quantitative estimate of drug-likeness (QED) is 0.891. The Morgan fingerprint density at radius 1 is 1.17 bits per heavy atom. The van der Waals surface area contributed by atoms with E-state index in [9.17, 15) is 0 Å². The van der Waals surface area contributed by atoms with E-state index in [1.165, 1.54) is 20.9 Å². The molecule has 0 spiro atoms. The molecule has 0 saturated carbocycles. The van der Waals surface area contributed by atoms with Crippen molar-refractivity contribution in [3.8, 4) is 0 Å². The van der Waals surface area contributed by atoms with Crippen LogP contribution in [0.3, 0.4) is 0 Å². The molecule has 0 aromatic carbocycles. The Labute approximate surface area is 113 Å². The molecule has 18 heavy (non-hydrogen) atoms. The third kappa shape index (κ3) is 2.52. The summed E-state index contributed by atoms with van der Waals surface area (Å²) in [5.74, 6) is 2.00. The number of rotatable bonds is 4. The van der Waals surface area contributed by atoms with Crippen LogP contribution in [0, 0.1) is 27.7 Å². The first-order valence-electron chi connectivity index (χ1n) is 6.40. The molecular formula is C15H21NOS. The molecule has 3 heteroatoms. The minimum absolute atomic E-state index is 0.248. The molecular weight excluding hydrogens is 242 g/mol. The fourth-order valence-electron chi connectivity index (χ4n) is 2.47. The number of aryl methyl sites for hydroxylation is 4. The van der Waals surface area contributed by atoms with E-state index in [4.69, 9.17) is 4.42 Å². The first-order chi connectivity index (χ1) is 8.52. The van der Waals surface area contributed by atoms with Crippen molar-refractivity contribution in [3.05, 3.63) is 44.5 Å². The van der Waals surface area contributed by atoms with E-state index < -0.39 is 0 Å². The maximum Gasteiger partial charge on any atom is 0.106 e. The van der Waals surface area contributed by atoms with Crippen LogP contribution in [0.15, 0.2) is 16.5 Å². The summed E-state index contributed by atoms with van der Waals surface area (Å²) in [6.45, 7) is 11.5. The molecule has 0 aliphatic rings. The molecule has 1 N–H and O–H groups in total. The van der Waals surface area contributed by atoms with Crippen LogP contribution in [0.4, 0.5) is 0 Å². The van der Waals surface area contributed by atoms with E-state index >= 15 is 0 Å². The highest BCUT2D eigenvalue weighted by Gasteiger charge is 2.21. The normalized spacial score (nSPS) is 12.9. The van der Waals surface area contributed by atoms with Crippen molar-refractivity contribution in [2.24, 2.45) is 0 Å². The van der Waals surface area contributed by atoms with Crippen LogP contribution in [-0.4, -0.2) is 6.54 Å². The fourth-order valence-corrected chi connectivity index (χ4v) is 3.43. The van der Waals surface area contributed by atoms with Gasteiger partial charge >= 0.3 is 0 Å². The number of furan rings is 1. The fraction of sp³-hybridized carbons (Fsp3) is 0.467.